The molecule has 1 aliphatic rings. The second-order valence-electron chi connectivity index (χ2n) is 9.64. The van der Waals surface area contributed by atoms with E-state index in [1.807, 2.05) is 24.0 Å². The first-order valence-corrected chi connectivity index (χ1v) is 16.8. The van der Waals surface area contributed by atoms with Crippen LogP contribution in [0.2, 0.25) is 5.82 Å². The third-order valence-corrected chi connectivity index (χ3v) is 8.12. The van der Waals surface area contributed by atoms with Crippen molar-refractivity contribution in [2.75, 3.05) is 0 Å². The zero-order valence-corrected chi connectivity index (χ0v) is 27.6. The predicted octanol–water partition coefficient (Wildman–Crippen LogP) is 10.4. The minimum atomic E-state index is 0.678. The molecule has 2 heterocycles. The van der Waals surface area contributed by atoms with E-state index in [0.717, 1.165) is 52.0 Å². The van der Waals surface area contributed by atoms with Gasteiger partial charge in [-0.2, -0.15) is 0 Å². The maximum atomic E-state index is 5.19. The van der Waals surface area contributed by atoms with E-state index >= 15 is 0 Å². The summed E-state index contributed by atoms with van der Waals surface area (Å²) in [7, 11) is 0. The average Bonchev–Trinajstić information content (AvgIpc) is 3.62. The molecular weight excluding hydrogens is 611 g/mol. The molecule has 1 radical (unpaired) electrons. The summed E-state index contributed by atoms with van der Waals surface area (Å²) in [6, 6.07) is 27.0. The van der Waals surface area contributed by atoms with Crippen molar-refractivity contribution in [3.8, 4) is 0 Å². The number of benzene rings is 3. The Morgan fingerprint density at radius 1 is 0.977 bits per heavy atom. The van der Waals surface area contributed by atoms with Crippen LogP contribution in [0.1, 0.15) is 37.8 Å². The second-order valence-corrected chi connectivity index (χ2v) is 10.8. The molecule has 0 aliphatic carbocycles. The van der Waals surface area contributed by atoms with E-state index in [2.05, 4.69) is 149 Å². The molecule has 43 heavy (non-hydrogen) atoms. The van der Waals surface area contributed by atoms with Crippen LogP contribution in [0.5, 0.6) is 0 Å². The Bertz CT molecular complexity index is 1710. The first-order chi connectivity index (χ1) is 21.2. The molecule has 0 fully saturated rings. The summed E-state index contributed by atoms with van der Waals surface area (Å²) in [5, 5.41) is 1.99. The zero-order valence-electron chi connectivity index (χ0n) is 25.0. The standard InChI is InChI=1S/C36H34N4S.CH3Se/c1-5-7-15-26(6-2)22-23-28(27-16-9-8-10-17-27)24-33(37-3)40-31-20-13-12-19-30(31)35(38-4)36(40)39-34-25-29-18-11-14-21-32(29)41-34;1-2/h6-21,23-24H,3-5,22,25H2,1-2H3;1H3/b15-7-,26-6+,28-23+,33-24+,39-34+;. The van der Waals surface area contributed by atoms with Crippen molar-refractivity contribution in [3.63, 3.8) is 0 Å². The van der Waals surface area contributed by atoms with Crippen LogP contribution in [0, 0.1) is 0 Å². The van der Waals surface area contributed by atoms with E-state index in [1.165, 1.54) is 16.0 Å². The number of aliphatic imine (C=N–C) groups is 3. The molecule has 0 bridgehead atoms. The molecular formula is C37H37N4SSe. The van der Waals surface area contributed by atoms with Crippen molar-refractivity contribution in [1.29, 1.82) is 0 Å². The van der Waals surface area contributed by atoms with E-state index in [4.69, 9.17) is 4.99 Å². The fourth-order valence-electron chi connectivity index (χ4n) is 4.95. The summed E-state index contributed by atoms with van der Waals surface area (Å²) in [6.45, 7) is 12.1. The molecule has 0 N–H and O–H groups in total. The molecule has 217 valence electrons. The van der Waals surface area contributed by atoms with Gasteiger partial charge in [0.05, 0.1) is 10.6 Å². The van der Waals surface area contributed by atoms with E-state index in [9.17, 15) is 0 Å². The van der Waals surface area contributed by atoms with Crippen LogP contribution in [-0.4, -0.2) is 39.1 Å². The Labute approximate surface area is 268 Å². The number of hydrogen-bond donors (Lipinski definition) is 0. The predicted molar refractivity (Wildman–Crippen MR) is 192 cm³/mol. The van der Waals surface area contributed by atoms with Crippen molar-refractivity contribution in [1.82, 2.24) is 4.57 Å². The van der Waals surface area contributed by atoms with Crippen LogP contribution < -0.4 is 0 Å². The number of allylic oxidation sites excluding steroid dienone is 7. The summed E-state index contributed by atoms with van der Waals surface area (Å²) in [5.74, 6) is 3.26. The van der Waals surface area contributed by atoms with E-state index in [0.29, 0.717) is 11.6 Å². The van der Waals surface area contributed by atoms with Crippen LogP contribution >= 0.6 is 11.8 Å². The molecule has 5 rings (SSSR count). The Balaban J connectivity index is 0.00000207. The summed E-state index contributed by atoms with van der Waals surface area (Å²) in [6.07, 6.45) is 13.5. The number of para-hydroxylation sites is 1. The fraction of sp³-hybridized carbons (Fsp3) is 0.162. The van der Waals surface area contributed by atoms with Crippen LogP contribution in [0.25, 0.3) is 22.3 Å². The van der Waals surface area contributed by atoms with E-state index in [-0.39, 0.29) is 0 Å². The summed E-state index contributed by atoms with van der Waals surface area (Å²) in [5.41, 5.74) is 6.42. The molecule has 0 saturated carbocycles. The van der Waals surface area contributed by atoms with E-state index < -0.39 is 0 Å². The molecule has 0 saturated heterocycles. The molecule has 6 heteroatoms. The van der Waals surface area contributed by atoms with Gasteiger partial charge in [0.15, 0.2) is 5.82 Å². The van der Waals surface area contributed by atoms with Gasteiger partial charge in [0.2, 0.25) is 0 Å². The molecule has 1 aromatic heterocycles. The molecule has 3 aromatic carbocycles. The van der Waals surface area contributed by atoms with Crippen molar-refractivity contribution >= 4 is 80.1 Å². The molecule has 0 amide bonds. The van der Waals surface area contributed by atoms with Crippen molar-refractivity contribution in [2.24, 2.45) is 15.0 Å². The van der Waals surface area contributed by atoms with Gasteiger partial charge in [-0.05, 0) is 73.7 Å². The van der Waals surface area contributed by atoms with Gasteiger partial charge in [0.1, 0.15) is 11.5 Å². The number of rotatable bonds is 10. The number of thioether (sulfide) groups is 1. The Morgan fingerprint density at radius 2 is 1.70 bits per heavy atom. The number of nitrogens with zero attached hydrogens (tertiary/aromatic N) is 4. The number of aromatic nitrogens is 1. The summed E-state index contributed by atoms with van der Waals surface area (Å²) in [4.78, 5) is 15.5. The van der Waals surface area contributed by atoms with Crippen LogP contribution in [0.15, 0.2) is 135 Å². The van der Waals surface area contributed by atoms with Gasteiger partial charge in [-0.3, -0.25) is 9.56 Å². The summed E-state index contributed by atoms with van der Waals surface area (Å²) < 4.78 is 2.06. The summed E-state index contributed by atoms with van der Waals surface area (Å²) >= 11 is 4.33. The molecule has 1 aliphatic heterocycles. The zero-order chi connectivity index (χ0) is 30.6. The first-order valence-electron chi connectivity index (χ1n) is 14.3. The normalized spacial score (nSPS) is 14.6. The van der Waals surface area contributed by atoms with Gasteiger partial charge in [-0.25, -0.2) is 9.98 Å². The topological polar surface area (TPSA) is 42.0 Å². The molecule has 4 nitrogen and oxygen atoms in total. The Kier molecular flexibility index (Phi) is 11.9. The molecule has 4 aromatic rings. The van der Waals surface area contributed by atoms with Gasteiger partial charge in [0.25, 0.3) is 0 Å². The molecule has 0 atom stereocenters. The van der Waals surface area contributed by atoms with Gasteiger partial charge >= 0.3 is 21.8 Å². The fourth-order valence-corrected chi connectivity index (χ4v) is 5.98. The molecule has 0 spiro atoms. The number of hydrogen-bond acceptors (Lipinski definition) is 4. The number of fused-ring (bicyclic) bond motifs is 2. The quantitative estimate of drug-likeness (QED) is 0.0959. The van der Waals surface area contributed by atoms with E-state index in [1.54, 1.807) is 11.8 Å². The van der Waals surface area contributed by atoms with Gasteiger partial charge < -0.3 is 0 Å². The maximum absolute atomic E-state index is 5.19. The van der Waals surface area contributed by atoms with Crippen molar-refractivity contribution in [2.45, 2.75) is 43.8 Å². The van der Waals surface area contributed by atoms with Gasteiger partial charge in [0, 0.05) is 16.7 Å². The van der Waals surface area contributed by atoms with Crippen LogP contribution in [-0.2, 0) is 6.42 Å². The third-order valence-electron chi connectivity index (χ3n) is 7.03. The van der Waals surface area contributed by atoms with Gasteiger partial charge in [-0.15, -0.1) is 0 Å². The SMILES string of the molecule is C=N/C(=C\C(=C/CC(/C=C\CC)=C/C)c1ccccc1)n1c(/N=C2\Cc3ccccc3S2)c(N=C)c2ccccc21.C[Se]. The van der Waals surface area contributed by atoms with Crippen LogP contribution in [0.3, 0.4) is 0 Å². The third kappa shape index (κ3) is 7.52. The second kappa shape index (κ2) is 16.0. The average molecular weight is 649 g/mol. The molecule has 0 unspecified atom stereocenters. The van der Waals surface area contributed by atoms with Crippen molar-refractivity contribution in [3.05, 3.63) is 126 Å². The first kappa shape index (κ1) is 32.0. The van der Waals surface area contributed by atoms with Gasteiger partial charge in [-0.1, -0.05) is 110 Å². The Morgan fingerprint density at radius 3 is 2.40 bits per heavy atom. The minimum absolute atomic E-state index is 0.678. The van der Waals surface area contributed by atoms with Crippen molar-refractivity contribution < 1.29 is 0 Å². The monoisotopic (exact) mass is 649 g/mol. The van der Waals surface area contributed by atoms with Crippen LogP contribution in [0.4, 0.5) is 11.5 Å². The Hall–Kier alpha value is -3.96.